The molecule has 2 nitrogen and oxygen atoms in total. The standard InChI is InChI=1S/C13H19NO/c1-10-7-13(10)14-8-11-3-5-12(6-4-11)9-15-2/h3-6,10,13-14H,7-9H2,1-2H3. The predicted octanol–water partition coefficient (Wildman–Crippen LogP) is 2.33. The molecule has 0 amide bonds. The molecule has 2 rings (SSSR count). The Kier molecular flexibility index (Phi) is 3.39. The van der Waals surface area contributed by atoms with E-state index in [1.165, 1.54) is 17.5 Å². The molecule has 0 heterocycles. The Morgan fingerprint density at radius 2 is 1.87 bits per heavy atom. The molecule has 0 aliphatic heterocycles. The molecule has 1 N–H and O–H groups in total. The topological polar surface area (TPSA) is 21.3 Å². The summed E-state index contributed by atoms with van der Waals surface area (Å²) in [5.74, 6) is 0.873. The van der Waals surface area contributed by atoms with Gasteiger partial charge in [-0.15, -0.1) is 0 Å². The summed E-state index contributed by atoms with van der Waals surface area (Å²) >= 11 is 0. The van der Waals surface area contributed by atoms with Crippen LogP contribution in [0.15, 0.2) is 24.3 Å². The van der Waals surface area contributed by atoms with Crippen LogP contribution >= 0.6 is 0 Å². The Hall–Kier alpha value is -0.860. The van der Waals surface area contributed by atoms with Gasteiger partial charge in [-0.3, -0.25) is 0 Å². The summed E-state index contributed by atoms with van der Waals surface area (Å²) in [6.07, 6.45) is 1.34. The highest BCUT2D eigenvalue weighted by Crippen LogP contribution is 2.29. The molecule has 1 fully saturated rings. The third kappa shape index (κ3) is 3.05. The Balaban J connectivity index is 1.81. The number of ether oxygens (including phenoxy) is 1. The van der Waals surface area contributed by atoms with E-state index in [0.717, 1.165) is 18.5 Å². The van der Waals surface area contributed by atoms with E-state index in [0.29, 0.717) is 6.61 Å². The van der Waals surface area contributed by atoms with E-state index in [4.69, 9.17) is 4.74 Å². The molecule has 15 heavy (non-hydrogen) atoms. The summed E-state index contributed by atoms with van der Waals surface area (Å²) in [5.41, 5.74) is 2.59. The zero-order valence-corrected chi connectivity index (χ0v) is 9.49. The number of methoxy groups -OCH3 is 1. The number of rotatable bonds is 5. The van der Waals surface area contributed by atoms with Crippen LogP contribution in [0, 0.1) is 5.92 Å². The van der Waals surface area contributed by atoms with Crippen LogP contribution in [0.2, 0.25) is 0 Å². The fraction of sp³-hybridized carbons (Fsp3) is 0.538. The quantitative estimate of drug-likeness (QED) is 0.796. The third-order valence-electron chi connectivity index (χ3n) is 3.01. The van der Waals surface area contributed by atoms with Gasteiger partial charge in [0.15, 0.2) is 0 Å². The molecule has 1 aliphatic carbocycles. The molecule has 82 valence electrons. The third-order valence-corrected chi connectivity index (χ3v) is 3.01. The lowest BCUT2D eigenvalue weighted by Gasteiger charge is -2.05. The van der Waals surface area contributed by atoms with Gasteiger partial charge >= 0.3 is 0 Å². The van der Waals surface area contributed by atoms with Crippen molar-refractivity contribution in [3.8, 4) is 0 Å². The molecule has 0 spiro atoms. The summed E-state index contributed by atoms with van der Waals surface area (Å²) in [5, 5.41) is 3.54. The summed E-state index contributed by atoms with van der Waals surface area (Å²) in [7, 11) is 1.73. The van der Waals surface area contributed by atoms with Crippen molar-refractivity contribution in [2.45, 2.75) is 32.5 Å². The van der Waals surface area contributed by atoms with Crippen molar-refractivity contribution in [2.24, 2.45) is 5.92 Å². The maximum atomic E-state index is 5.07. The minimum absolute atomic E-state index is 0.702. The molecule has 1 aliphatic rings. The molecular weight excluding hydrogens is 186 g/mol. The summed E-state index contributed by atoms with van der Waals surface area (Å²) in [4.78, 5) is 0. The maximum Gasteiger partial charge on any atom is 0.0713 e. The van der Waals surface area contributed by atoms with Crippen LogP contribution in [-0.2, 0) is 17.9 Å². The van der Waals surface area contributed by atoms with Crippen LogP contribution < -0.4 is 5.32 Å². The predicted molar refractivity (Wildman–Crippen MR) is 61.6 cm³/mol. The Bertz CT molecular complexity index is 307. The van der Waals surface area contributed by atoms with E-state index in [2.05, 4.69) is 36.5 Å². The highest BCUT2D eigenvalue weighted by Gasteiger charge is 2.31. The first-order chi connectivity index (χ1) is 7.29. The lowest BCUT2D eigenvalue weighted by Crippen LogP contribution is -2.16. The minimum Gasteiger partial charge on any atom is -0.380 e. The van der Waals surface area contributed by atoms with Gasteiger partial charge in [-0.05, 0) is 23.5 Å². The lowest BCUT2D eigenvalue weighted by molar-refractivity contribution is 0.185. The average molecular weight is 205 g/mol. The van der Waals surface area contributed by atoms with Crippen LogP contribution in [0.5, 0.6) is 0 Å². The van der Waals surface area contributed by atoms with Gasteiger partial charge in [0.1, 0.15) is 0 Å². The molecular formula is C13H19NO. The Labute approximate surface area is 91.6 Å². The summed E-state index contributed by atoms with van der Waals surface area (Å²) < 4.78 is 5.07. The minimum atomic E-state index is 0.702. The van der Waals surface area contributed by atoms with Crippen LogP contribution in [0.25, 0.3) is 0 Å². The van der Waals surface area contributed by atoms with Crippen LogP contribution in [0.1, 0.15) is 24.5 Å². The number of hydrogen-bond acceptors (Lipinski definition) is 2. The lowest BCUT2D eigenvalue weighted by atomic mass is 10.1. The fourth-order valence-electron chi connectivity index (χ4n) is 1.78. The van der Waals surface area contributed by atoms with Crippen molar-refractivity contribution in [1.82, 2.24) is 5.32 Å². The Morgan fingerprint density at radius 3 is 2.40 bits per heavy atom. The molecule has 0 radical (unpaired) electrons. The van der Waals surface area contributed by atoms with Crippen molar-refractivity contribution < 1.29 is 4.74 Å². The van der Waals surface area contributed by atoms with Gasteiger partial charge in [0.05, 0.1) is 6.61 Å². The second-order valence-electron chi connectivity index (χ2n) is 4.45. The fourth-order valence-corrected chi connectivity index (χ4v) is 1.78. The molecule has 0 bridgehead atoms. The summed E-state index contributed by atoms with van der Waals surface area (Å²) in [6.45, 7) is 3.98. The van der Waals surface area contributed by atoms with Gasteiger partial charge in [-0.2, -0.15) is 0 Å². The molecule has 2 heteroatoms. The van der Waals surface area contributed by atoms with Gasteiger partial charge in [-0.25, -0.2) is 0 Å². The van der Waals surface area contributed by atoms with E-state index in [-0.39, 0.29) is 0 Å². The molecule has 0 aromatic heterocycles. The summed E-state index contributed by atoms with van der Waals surface area (Å²) in [6, 6.07) is 9.37. The largest absolute Gasteiger partial charge is 0.380 e. The van der Waals surface area contributed by atoms with Gasteiger partial charge < -0.3 is 10.1 Å². The monoisotopic (exact) mass is 205 g/mol. The highest BCUT2D eigenvalue weighted by molar-refractivity contribution is 5.22. The van der Waals surface area contributed by atoms with Crippen molar-refractivity contribution in [2.75, 3.05) is 7.11 Å². The van der Waals surface area contributed by atoms with E-state index < -0.39 is 0 Å². The molecule has 1 aromatic rings. The first kappa shape index (κ1) is 10.7. The normalized spacial score (nSPS) is 24.1. The van der Waals surface area contributed by atoms with E-state index in [1.807, 2.05) is 0 Å². The van der Waals surface area contributed by atoms with Gasteiger partial charge in [0, 0.05) is 19.7 Å². The second-order valence-corrected chi connectivity index (χ2v) is 4.45. The van der Waals surface area contributed by atoms with Crippen molar-refractivity contribution in [3.63, 3.8) is 0 Å². The van der Waals surface area contributed by atoms with Gasteiger partial charge in [0.2, 0.25) is 0 Å². The van der Waals surface area contributed by atoms with E-state index >= 15 is 0 Å². The van der Waals surface area contributed by atoms with Crippen molar-refractivity contribution >= 4 is 0 Å². The smallest absolute Gasteiger partial charge is 0.0713 e. The molecule has 2 unspecified atom stereocenters. The van der Waals surface area contributed by atoms with Crippen molar-refractivity contribution in [1.29, 1.82) is 0 Å². The van der Waals surface area contributed by atoms with Crippen LogP contribution in [0.3, 0.4) is 0 Å². The first-order valence-corrected chi connectivity index (χ1v) is 5.59. The average Bonchev–Trinajstić information content (AvgIpc) is 2.94. The zero-order chi connectivity index (χ0) is 10.7. The zero-order valence-electron chi connectivity index (χ0n) is 9.49. The van der Waals surface area contributed by atoms with E-state index in [1.54, 1.807) is 7.11 Å². The van der Waals surface area contributed by atoms with Gasteiger partial charge in [-0.1, -0.05) is 31.2 Å². The second kappa shape index (κ2) is 4.77. The van der Waals surface area contributed by atoms with E-state index in [9.17, 15) is 0 Å². The van der Waals surface area contributed by atoms with Crippen LogP contribution in [0.4, 0.5) is 0 Å². The number of nitrogens with one attached hydrogen (secondary N) is 1. The maximum absolute atomic E-state index is 5.07. The molecule has 0 saturated heterocycles. The molecule has 1 saturated carbocycles. The molecule has 2 atom stereocenters. The highest BCUT2D eigenvalue weighted by atomic mass is 16.5. The van der Waals surface area contributed by atoms with Crippen LogP contribution in [-0.4, -0.2) is 13.2 Å². The molecule has 1 aromatic carbocycles. The SMILES string of the molecule is COCc1ccc(CNC2CC2C)cc1. The number of benzene rings is 1. The number of hydrogen-bond donors (Lipinski definition) is 1. The van der Waals surface area contributed by atoms with Gasteiger partial charge in [0.25, 0.3) is 0 Å². The Morgan fingerprint density at radius 1 is 1.27 bits per heavy atom. The first-order valence-electron chi connectivity index (χ1n) is 5.59. The van der Waals surface area contributed by atoms with Crippen molar-refractivity contribution in [3.05, 3.63) is 35.4 Å².